The van der Waals surface area contributed by atoms with Crippen LogP contribution >= 0.6 is 0 Å². The molecule has 9 heteroatoms. The summed E-state index contributed by atoms with van der Waals surface area (Å²) in [7, 11) is 0. The van der Waals surface area contributed by atoms with Crippen LogP contribution in [0.15, 0.2) is 4.79 Å². The van der Waals surface area contributed by atoms with E-state index in [2.05, 4.69) is 16.8 Å². The van der Waals surface area contributed by atoms with Gasteiger partial charge in [-0.15, -0.1) is 0 Å². The average Bonchev–Trinajstić information content (AvgIpc) is 2.73. The Hall–Kier alpha value is -2.26. The maximum absolute atomic E-state index is 13.3. The fraction of sp³-hybridized carbons (Fsp3) is 0.700. The molecule has 0 saturated carbocycles. The monoisotopic (exact) mass is 404 g/mol. The summed E-state index contributed by atoms with van der Waals surface area (Å²) in [6.45, 7) is 6.68. The Morgan fingerprint density at radius 2 is 1.69 bits per heavy atom. The molecular formula is C20H32N6O3. The van der Waals surface area contributed by atoms with Crippen molar-refractivity contribution in [1.82, 2.24) is 19.5 Å². The van der Waals surface area contributed by atoms with E-state index in [0.717, 1.165) is 38.8 Å². The number of fused-ring (bicyclic) bond motifs is 1. The number of aryl methyl sites for hydroxylation is 1. The zero-order chi connectivity index (χ0) is 20.8. The summed E-state index contributed by atoms with van der Waals surface area (Å²) in [4.78, 5) is 31.2. The quantitative estimate of drug-likeness (QED) is 0.639. The molecule has 1 aliphatic rings. The van der Waals surface area contributed by atoms with Gasteiger partial charge >= 0.3 is 0 Å². The fourth-order valence-corrected chi connectivity index (χ4v) is 3.78. The minimum absolute atomic E-state index is 0.0900. The number of aliphatic hydroxyl groups excluding tert-OH is 2. The lowest BCUT2D eigenvalue weighted by Crippen LogP contribution is -2.35. The van der Waals surface area contributed by atoms with Crippen molar-refractivity contribution in [2.75, 3.05) is 49.2 Å². The molecular weight excluding hydrogens is 372 g/mol. The maximum Gasteiger partial charge on any atom is 0.280 e. The van der Waals surface area contributed by atoms with E-state index >= 15 is 0 Å². The van der Waals surface area contributed by atoms with Crippen molar-refractivity contribution in [3.63, 3.8) is 0 Å². The molecule has 0 bridgehead atoms. The van der Waals surface area contributed by atoms with Crippen molar-refractivity contribution in [3.05, 3.63) is 16.2 Å². The van der Waals surface area contributed by atoms with Crippen LogP contribution in [0.25, 0.3) is 11.0 Å². The van der Waals surface area contributed by atoms with E-state index in [9.17, 15) is 15.0 Å². The first-order valence-corrected chi connectivity index (χ1v) is 10.6. The van der Waals surface area contributed by atoms with Gasteiger partial charge < -0.3 is 20.0 Å². The molecule has 2 aromatic rings. The van der Waals surface area contributed by atoms with Gasteiger partial charge in [0.1, 0.15) is 11.3 Å². The number of hydrogen-bond acceptors (Lipinski definition) is 8. The predicted molar refractivity (Wildman–Crippen MR) is 114 cm³/mol. The zero-order valence-corrected chi connectivity index (χ0v) is 17.5. The van der Waals surface area contributed by atoms with Crippen LogP contribution in [-0.2, 0) is 6.54 Å². The first kappa shape index (κ1) is 21.4. The van der Waals surface area contributed by atoms with Crippen LogP contribution < -0.4 is 15.4 Å². The SMILES string of the molecule is CCCCn1c(C)nc2c(N3CCCCC3)nc(N(CCO)CCO)nc2c1=O. The molecule has 0 atom stereocenters. The van der Waals surface area contributed by atoms with Gasteiger partial charge in [0.25, 0.3) is 5.56 Å². The minimum atomic E-state index is -0.157. The summed E-state index contributed by atoms with van der Waals surface area (Å²) in [5.41, 5.74) is 0.688. The molecule has 0 spiro atoms. The standard InChI is InChI=1S/C20H32N6O3/c1-3-4-10-26-15(2)21-16-17(19(26)29)22-20(25(11-13-27)12-14-28)23-18(16)24-8-6-5-7-9-24/h27-28H,3-14H2,1-2H3. The van der Waals surface area contributed by atoms with Crippen molar-refractivity contribution in [2.24, 2.45) is 0 Å². The number of aromatic nitrogens is 4. The fourth-order valence-electron chi connectivity index (χ4n) is 3.78. The highest BCUT2D eigenvalue weighted by Gasteiger charge is 2.23. The Labute approximate surface area is 171 Å². The van der Waals surface area contributed by atoms with Gasteiger partial charge in [-0.25, -0.2) is 9.97 Å². The van der Waals surface area contributed by atoms with Crippen molar-refractivity contribution in [1.29, 1.82) is 0 Å². The van der Waals surface area contributed by atoms with E-state index in [0.29, 0.717) is 35.2 Å². The van der Waals surface area contributed by atoms with E-state index in [1.54, 1.807) is 9.47 Å². The van der Waals surface area contributed by atoms with E-state index in [-0.39, 0.29) is 31.9 Å². The molecule has 160 valence electrons. The van der Waals surface area contributed by atoms with Crippen LogP contribution in [0, 0.1) is 6.92 Å². The Morgan fingerprint density at radius 1 is 1.00 bits per heavy atom. The summed E-state index contributed by atoms with van der Waals surface area (Å²) >= 11 is 0. The smallest absolute Gasteiger partial charge is 0.280 e. The van der Waals surface area contributed by atoms with Crippen LogP contribution in [0.1, 0.15) is 44.9 Å². The van der Waals surface area contributed by atoms with E-state index < -0.39 is 0 Å². The van der Waals surface area contributed by atoms with Gasteiger partial charge in [-0.1, -0.05) is 13.3 Å². The zero-order valence-electron chi connectivity index (χ0n) is 17.5. The van der Waals surface area contributed by atoms with Crippen molar-refractivity contribution < 1.29 is 10.2 Å². The van der Waals surface area contributed by atoms with Gasteiger partial charge in [0, 0.05) is 32.7 Å². The molecule has 1 fully saturated rings. The molecule has 0 aromatic carbocycles. The number of rotatable bonds is 9. The maximum atomic E-state index is 13.3. The van der Waals surface area contributed by atoms with Crippen molar-refractivity contribution in [3.8, 4) is 0 Å². The number of unbranched alkanes of at least 4 members (excludes halogenated alkanes) is 1. The summed E-state index contributed by atoms with van der Waals surface area (Å²) in [5, 5.41) is 18.8. The molecule has 2 aromatic heterocycles. The molecule has 0 radical (unpaired) electrons. The Morgan fingerprint density at radius 3 is 2.31 bits per heavy atom. The Balaban J connectivity index is 2.20. The highest BCUT2D eigenvalue weighted by atomic mass is 16.3. The van der Waals surface area contributed by atoms with Crippen LogP contribution in [0.4, 0.5) is 11.8 Å². The third kappa shape index (κ3) is 4.67. The molecule has 1 aliphatic heterocycles. The van der Waals surface area contributed by atoms with Crippen LogP contribution in [-0.4, -0.2) is 69.1 Å². The topological polar surface area (TPSA) is 108 Å². The van der Waals surface area contributed by atoms with Gasteiger partial charge in [-0.05, 0) is 32.6 Å². The summed E-state index contributed by atoms with van der Waals surface area (Å²) < 4.78 is 1.69. The lowest BCUT2D eigenvalue weighted by molar-refractivity contribution is 0.280. The van der Waals surface area contributed by atoms with Crippen LogP contribution in [0.2, 0.25) is 0 Å². The average molecular weight is 405 g/mol. The molecule has 0 aliphatic carbocycles. The second-order valence-corrected chi connectivity index (χ2v) is 7.50. The van der Waals surface area contributed by atoms with Crippen LogP contribution in [0.3, 0.4) is 0 Å². The normalized spacial score (nSPS) is 14.6. The number of nitrogens with zero attached hydrogens (tertiary/aromatic N) is 6. The minimum Gasteiger partial charge on any atom is -0.395 e. The molecule has 2 N–H and O–H groups in total. The summed E-state index contributed by atoms with van der Waals surface area (Å²) in [5.74, 6) is 1.70. The van der Waals surface area contributed by atoms with E-state index in [1.807, 2.05) is 6.92 Å². The van der Waals surface area contributed by atoms with Gasteiger partial charge in [0.15, 0.2) is 11.3 Å². The molecule has 0 amide bonds. The Kier molecular flexibility index (Phi) is 7.38. The third-order valence-corrected chi connectivity index (χ3v) is 5.38. The number of aliphatic hydroxyl groups is 2. The lowest BCUT2D eigenvalue weighted by atomic mass is 10.1. The number of piperidine rings is 1. The molecule has 29 heavy (non-hydrogen) atoms. The largest absolute Gasteiger partial charge is 0.395 e. The molecule has 3 rings (SSSR count). The first-order valence-electron chi connectivity index (χ1n) is 10.6. The lowest BCUT2D eigenvalue weighted by Gasteiger charge is -2.30. The van der Waals surface area contributed by atoms with Crippen molar-refractivity contribution >= 4 is 22.8 Å². The highest BCUT2D eigenvalue weighted by Crippen LogP contribution is 2.26. The molecule has 0 unspecified atom stereocenters. The highest BCUT2D eigenvalue weighted by molar-refractivity contribution is 5.86. The number of anilines is 2. The van der Waals surface area contributed by atoms with Gasteiger partial charge in [-0.3, -0.25) is 9.36 Å². The van der Waals surface area contributed by atoms with Crippen LogP contribution in [0.5, 0.6) is 0 Å². The second-order valence-electron chi connectivity index (χ2n) is 7.50. The van der Waals surface area contributed by atoms with E-state index in [4.69, 9.17) is 9.97 Å². The molecule has 3 heterocycles. The number of hydrogen-bond donors (Lipinski definition) is 2. The van der Waals surface area contributed by atoms with E-state index in [1.165, 1.54) is 6.42 Å². The second kappa shape index (κ2) is 9.98. The summed E-state index contributed by atoms with van der Waals surface area (Å²) in [6, 6.07) is 0. The molecule has 9 nitrogen and oxygen atoms in total. The Bertz CT molecular complexity index is 873. The third-order valence-electron chi connectivity index (χ3n) is 5.38. The molecule has 1 saturated heterocycles. The first-order chi connectivity index (χ1) is 14.1. The van der Waals surface area contributed by atoms with Gasteiger partial charge in [0.2, 0.25) is 5.95 Å². The van der Waals surface area contributed by atoms with Gasteiger partial charge in [-0.2, -0.15) is 4.98 Å². The van der Waals surface area contributed by atoms with Gasteiger partial charge in [0.05, 0.1) is 13.2 Å². The van der Waals surface area contributed by atoms with Crippen molar-refractivity contribution in [2.45, 2.75) is 52.5 Å². The summed E-state index contributed by atoms with van der Waals surface area (Å²) in [6.07, 6.45) is 5.21. The predicted octanol–water partition coefficient (Wildman–Crippen LogP) is 1.08.